The van der Waals surface area contributed by atoms with Crippen molar-refractivity contribution in [1.29, 1.82) is 0 Å². The van der Waals surface area contributed by atoms with Crippen molar-refractivity contribution in [3.8, 4) is 11.5 Å². The first-order chi connectivity index (χ1) is 12.3. The summed E-state index contributed by atoms with van der Waals surface area (Å²) in [7, 11) is 1.35. The first-order valence-electron chi connectivity index (χ1n) is 8.61. The number of methoxy groups -OCH3 is 1. The average Bonchev–Trinajstić information content (AvgIpc) is 2.61. The SMILES string of the molecule is COC(=O)[C@@H](O[C@@H]1Cc2cc(O)c(C)cc2OC1(C)C)c1ccccc1. The molecule has 1 heterocycles. The molecule has 0 saturated heterocycles. The second kappa shape index (κ2) is 7.00. The zero-order chi connectivity index (χ0) is 18.9. The molecular formula is C21H24O5. The molecule has 2 atom stereocenters. The number of esters is 1. The summed E-state index contributed by atoms with van der Waals surface area (Å²) in [5.74, 6) is 0.502. The Hall–Kier alpha value is -2.53. The van der Waals surface area contributed by atoms with Crippen LogP contribution in [0, 0.1) is 6.92 Å². The third-order valence-corrected chi connectivity index (χ3v) is 4.75. The standard InChI is InChI=1S/C21H24O5/c1-13-10-17-15(11-16(13)22)12-18(21(2,3)26-17)25-19(20(23)24-4)14-8-6-5-7-9-14/h5-11,18-19,22H,12H2,1-4H3/t18-,19+/m1/s1. The van der Waals surface area contributed by atoms with Gasteiger partial charge < -0.3 is 19.3 Å². The summed E-state index contributed by atoms with van der Waals surface area (Å²) in [6.45, 7) is 5.70. The molecule has 0 radical (unpaired) electrons. The van der Waals surface area contributed by atoms with E-state index >= 15 is 0 Å². The van der Waals surface area contributed by atoms with E-state index in [1.807, 2.05) is 57.2 Å². The number of rotatable bonds is 4. The lowest BCUT2D eigenvalue weighted by atomic mass is 9.89. The molecule has 2 aromatic carbocycles. The smallest absolute Gasteiger partial charge is 0.339 e. The monoisotopic (exact) mass is 356 g/mol. The van der Waals surface area contributed by atoms with Gasteiger partial charge in [0, 0.05) is 12.0 Å². The van der Waals surface area contributed by atoms with Crippen LogP contribution in [0.2, 0.25) is 0 Å². The maximum absolute atomic E-state index is 12.3. The summed E-state index contributed by atoms with van der Waals surface area (Å²) >= 11 is 0. The summed E-state index contributed by atoms with van der Waals surface area (Å²) in [4.78, 5) is 12.3. The number of aryl methyl sites for hydroxylation is 1. The highest BCUT2D eigenvalue weighted by molar-refractivity contribution is 5.76. The van der Waals surface area contributed by atoms with E-state index in [1.165, 1.54) is 7.11 Å². The number of hydrogen-bond acceptors (Lipinski definition) is 5. The Kier molecular flexibility index (Phi) is 4.92. The molecule has 0 spiro atoms. The number of benzene rings is 2. The zero-order valence-corrected chi connectivity index (χ0v) is 15.5. The van der Waals surface area contributed by atoms with Crippen molar-refractivity contribution in [2.75, 3.05) is 7.11 Å². The van der Waals surface area contributed by atoms with Crippen LogP contribution in [0.25, 0.3) is 0 Å². The van der Waals surface area contributed by atoms with Crippen molar-refractivity contribution in [1.82, 2.24) is 0 Å². The van der Waals surface area contributed by atoms with Gasteiger partial charge in [0.05, 0.1) is 7.11 Å². The van der Waals surface area contributed by atoms with Crippen molar-refractivity contribution in [3.63, 3.8) is 0 Å². The number of fused-ring (bicyclic) bond motifs is 1. The Morgan fingerprint density at radius 3 is 2.62 bits per heavy atom. The molecule has 5 nitrogen and oxygen atoms in total. The molecule has 1 aliphatic heterocycles. The highest BCUT2D eigenvalue weighted by atomic mass is 16.6. The van der Waals surface area contributed by atoms with Gasteiger partial charge in [-0.15, -0.1) is 0 Å². The molecule has 0 aliphatic carbocycles. The molecule has 3 rings (SSSR count). The summed E-state index contributed by atoms with van der Waals surface area (Å²) in [6.07, 6.45) is -0.702. The summed E-state index contributed by atoms with van der Waals surface area (Å²) in [5, 5.41) is 10.0. The van der Waals surface area contributed by atoms with Crippen molar-refractivity contribution >= 4 is 5.97 Å². The second-order valence-corrected chi connectivity index (χ2v) is 7.09. The van der Waals surface area contributed by atoms with Crippen molar-refractivity contribution in [2.24, 2.45) is 0 Å². The summed E-state index contributed by atoms with van der Waals surface area (Å²) in [6, 6.07) is 12.8. The van der Waals surface area contributed by atoms with Crippen LogP contribution >= 0.6 is 0 Å². The Bertz CT molecular complexity index is 798. The Morgan fingerprint density at radius 2 is 1.96 bits per heavy atom. The Morgan fingerprint density at radius 1 is 1.27 bits per heavy atom. The van der Waals surface area contributed by atoms with Crippen LogP contribution in [0.1, 0.15) is 36.6 Å². The first kappa shape index (κ1) is 18.3. The minimum atomic E-state index is -0.838. The van der Waals surface area contributed by atoms with Crippen LogP contribution in [0.3, 0.4) is 0 Å². The normalized spacial score (nSPS) is 19.2. The van der Waals surface area contributed by atoms with Crippen LogP contribution in [-0.2, 0) is 20.7 Å². The number of phenols is 1. The molecule has 1 aliphatic rings. The zero-order valence-electron chi connectivity index (χ0n) is 15.5. The third kappa shape index (κ3) is 3.53. The van der Waals surface area contributed by atoms with E-state index in [0.29, 0.717) is 6.42 Å². The molecule has 0 amide bonds. The highest BCUT2D eigenvalue weighted by Crippen LogP contribution is 2.39. The molecule has 26 heavy (non-hydrogen) atoms. The van der Waals surface area contributed by atoms with E-state index in [4.69, 9.17) is 14.2 Å². The van der Waals surface area contributed by atoms with Crippen molar-refractivity contribution < 1.29 is 24.1 Å². The van der Waals surface area contributed by atoms with E-state index in [2.05, 4.69) is 0 Å². The molecule has 2 aromatic rings. The minimum absolute atomic E-state index is 0.221. The minimum Gasteiger partial charge on any atom is -0.508 e. The second-order valence-electron chi connectivity index (χ2n) is 7.09. The molecule has 0 bridgehead atoms. The lowest BCUT2D eigenvalue weighted by molar-refractivity contribution is -0.169. The average molecular weight is 356 g/mol. The molecule has 0 fully saturated rings. The molecule has 5 heteroatoms. The van der Waals surface area contributed by atoms with Gasteiger partial charge in [0.2, 0.25) is 0 Å². The van der Waals surface area contributed by atoms with Crippen molar-refractivity contribution in [3.05, 3.63) is 59.2 Å². The molecule has 0 aromatic heterocycles. The molecule has 0 saturated carbocycles. The Balaban J connectivity index is 1.91. The van der Waals surface area contributed by atoms with Crippen LogP contribution in [-0.4, -0.2) is 29.9 Å². The van der Waals surface area contributed by atoms with Gasteiger partial charge >= 0.3 is 5.97 Å². The van der Waals surface area contributed by atoms with Crippen LogP contribution in [0.15, 0.2) is 42.5 Å². The van der Waals surface area contributed by atoms with E-state index in [1.54, 1.807) is 6.07 Å². The lowest BCUT2D eigenvalue weighted by Crippen LogP contribution is -2.49. The van der Waals surface area contributed by atoms with Crippen molar-refractivity contribution in [2.45, 2.75) is 45.0 Å². The quantitative estimate of drug-likeness (QED) is 0.846. The maximum Gasteiger partial charge on any atom is 0.339 e. The summed E-state index contributed by atoms with van der Waals surface area (Å²) < 4.78 is 17.3. The number of carbonyl (C=O) groups is 1. The maximum atomic E-state index is 12.3. The largest absolute Gasteiger partial charge is 0.508 e. The van der Waals surface area contributed by atoms with Crippen LogP contribution < -0.4 is 4.74 Å². The van der Waals surface area contributed by atoms with Gasteiger partial charge in [0.15, 0.2) is 6.10 Å². The van der Waals surface area contributed by atoms with E-state index in [9.17, 15) is 9.90 Å². The molecular weight excluding hydrogens is 332 g/mol. The topological polar surface area (TPSA) is 65.0 Å². The van der Waals surface area contributed by atoms with Gasteiger partial charge in [0.1, 0.15) is 23.2 Å². The van der Waals surface area contributed by atoms with Crippen LogP contribution in [0.5, 0.6) is 11.5 Å². The van der Waals surface area contributed by atoms with E-state index in [-0.39, 0.29) is 11.9 Å². The number of carbonyl (C=O) groups excluding carboxylic acids is 1. The first-order valence-corrected chi connectivity index (χ1v) is 8.61. The van der Waals surface area contributed by atoms with Gasteiger partial charge in [-0.1, -0.05) is 30.3 Å². The number of aromatic hydroxyl groups is 1. The fraction of sp³-hybridized carbons (Fsp3) is 0.381. The van der Waals surface area contributed by atoms with Gasteiger partial charge in [0.25, 0.3) is 0 Å². The number of ether oxygens (including phenoxy) is 3. The van der Waals surface area contributed by atoms with Gasteiger partial charge in [-0.2, -0.15) is 0 Å². The lowest BCUT2D eigenvalue weighted by Gasteiger charge is -2.41. The molecule has 1 N–H and O–H groups in total. The molecule has 138 valence electrons. The summed E-state index contributed by atoms with van der Waals surface area (Å²) in [5.41, 5.74) is 1.70. The van der Waals surface area contributed by atoms with Gasteiger partial charge in [-0.25, -0.2) is 4.79 Å². The Labute approximate surface area is 153 Å². The van der Waals surface area contributed by atoms with Gasteiger partial charge in [-0.05, 0) is 44.0 Å². The number of hydrogen-bond donors (Lipinski definition) is 1. The predicted octanol–water partition coefficient (Wildman–Crippen LogP) is 3.71. The van der Waals surface area contributed by atoms with Gasteiger partial charge in [-0.3, -0.25) is 0 Å². The third-order valence-electron chi connectivity index (χ3n) is 4.75. The predicted molar refractivity (Wildman–Crippen MR) is 97.3 cm³/mol. The molecule has 0 unspecified atom stereocenters. The van der Waals surface area contributed by atoms with Crippen LogP contribution in [0.4, 0.5) is 0 Å². The van der Waals surface area contributed by atoms with E-state index in [0.717, 1.165) is 22.4 Å². The number of phenolic OH excluding ortho intramolecular Hbond substituents is 1. The fourth-order valence-corrected chi connectivity index (χ4v) is 3.14. The fourth-order valence-electron chi connectivity index (χ4n) is 3.14. The van der Waals surface area contributed by atoms with E-state index < -0.39 is 17.7 Å². The highest BCUT2D eigenvalue weighted by Gasteiger charge is 2.41.